The number of fused-ring (bicyclic) bond motifs is 5. The van der Waals surface area contributed by atoms with E-state index in [4.69, 9.17) is 4.43 Å². The van der Waals surface area contributed by atoms with Crippen LogP contribution in [0.15, 0.2) is 47.1 Å². The number of aliphatic hydroxyl groups is 2. The Balaban J connectivity index is 1.70. The molecule has 0 bridgehead atoms. The molecule has 38 heavy (non-hydrogen) atoms. The lowest BCUT2D eigenvalue weighted by Gasteiger charge is -2.60. The topological polar surface area (TPSA) is 49.7 Å². The second-order valence-corrected chi connectivity index (χ2v) is 21.2. The zero-order valence-corrected chi connectivity index (χ0v) is 27.6. The van der Waals surface area contributed by atoms with Gasteiger partial charge in [-0.05, 0) is 74.9 Å². The third kappa shape index (κ3) is 5.36. The van der Waals surface area contributed by atoms with Gasteiger partial charge in [-0.15, -0.1) is 11.8 Å². The smallest absolute Gasteiger partial charge is 0.192 e. The molecule has 0 radical (unpaired) electrons. The van der Waals surface area contributed by atoms with Crippen molar-refractivity contribution < 1.29 is 14.6 Å². The molecule has 6 atom stereocenters. The Bertz CT molecular complexity index is 1040. The molecule has 2 fully saturated rings. The van der Waals surface area contributed by atoms with E-state index in [9.17, 15) is 10.2 Å². The molecule has 0 unspecified atom stereocenters. The van der Waals surface area contributed by atoms with E-state index in [0.29, 0.717) is 35.8 Å². The van der Waals surface area contributed by atoms with Gasteiger partial charge in [0, 0.05) is 24.0 Å². The lowest BCUT2D eigenvalue weighted by molar-refractivity contribution is -0.0526. The molecule has 0 aromatic rings. The number of hydrogen-bond donors (Lipinski definition) is 2. The van der Waals surface area contributed by atoms with Crippen molar-refractivity contribution in [1.82, 2.24) is 0 Å². The predicted octanol–water partition coefficient (Wildman–Crippen LogP) is 8.56. The fourth-order valence-corrected chi connectivity index (χ4v) is 10.0. The maximum Gasteiger partial charge on any atom is 0.192 e. The summed E-state index contributed by atoms with van der Waals surface area (Å²) in [7, 11) is -2.08. The summed E-state index contributed by atoms with van der Waals surface area (Å²) in [5.74, 6) is 1.75. The molecule has 0 aliphatic heterocycles. The van der Waals surface area contributed by atoms with Crippen LogP contribution in [-0.4, -0.2) is 40.9 Å². The fraction of sp³-hybridized carbons (Fsp3) is 0.758. The second kappa shape index (κ2) is 10.0. The molecule has 0 aromatic carbocycles. The average Bonchev–Trinajstić information content (AvgIpc) is 3.12. The van der Waals surface area contributed by atoms with Gasteiger partial charge in [0.15, 0.2) is 8.32 Å². The van der Waals surface area contributed by atoms with Crippen molar-refractivity contribution in [2.24, 2.45) is 22.7 Å². The Hall–Kier alpha value is -0.593. The van der Waals surface area contributed by atoms with Crippen molar-refractivity contribution in [3.63, 3.8) is 0 Å². The highest BCUT2D eigenvalue weighted by Gasteiger charge is 2.60. The summed E-state index contributed by atoms with van der Waals surface area (Å²) < 4.78 is 7.33. The zero-order chi connectivity index (χ0) is 28.4. The van der Waals surface area contributed by atoms with Crippen LogP contribution < -0.4 is 0 Å². The Labute approximate surface area is 238 Å². The van der Waals surface area contributed by atoms with Crippen molar-refractivity contribution >= 4 is 20.1 Å². The summed E-state index contributed by atoms with van der Waals surface area (Å²) in [5.41, 5.74) is 4.03. The third-order valence-corrected chi connectivity index (χ3v) is 16.7. The molecular formula is C33H54O3SSi. The standard InChI is InChI=1S/C33H54O3SSi/c1-11-23-14-16-26-25-15-13-24-21-33(35,37-20-12-18-30(5,6)34)22-28(36-38(9,10)29(2,3)4)32(24,8)27(25)17-19-31(23,26)7/h12-15,18,26-28,34-35H,11,16-17,19-22H2,1-10H3/t26-,27-,28-,31+,32-,33-/m0/s1. The van der Waals surface area contributed by atoms with Gasteiger partial charge < -0.3 is 14.6 Å². The summed E-state index contributed by atoms with van der Waals surface area (Å²) in [6.45, 7) is 22.5. The van der Waals surface area contributed by atoms with Crippen molar-refractivity contribution in [3.8, 4) is 0 Å². The lowest BCUT2D eigenvalue weighted by atomic mass is 9.49. The van der Waals surface area contributed by atoms with Gasteiger partial charge >= 0.3 is 0 Å². The molecule has 5 heteroatoms. The summed E-state index contributed by atoms with van der Waals surface area (Å²) in [6.07, 6.45) is 17.3. The molecule has 2 N–H and O–H groups in total. The molecule has 0 amide bonds. The molecule has 4 aliphatic rings. The molecule has 0 aromatic heterocycles. The van der Waals surface area contributed by atoms with E-state index >= 15 is 0 Å². The number of hydrogen-bond acceptors (Lipinski definition) is 4. The van der Waals surface area contributed by atoms with Crippen molar-refractivity contribution in [2.45, 2.75) is 129 Å². The maximum absolute atomic E-state index is 12.0. The van der Waals surface area contributed by atoms with Crippen LogP contribution in [0.2, 0.25) is 18.1 Å². The van der Waals surface area contributed by atoms with Gasteiger partial charge in [0.1, 0.15) is 4.93 Å². The Morgan fingerprint density at radius 3 is 2.42 bits per heavy atom. The predicted molar refractivity (Wildman–Crippen MR) is 166 cm³/mol. The Morgan fingerprint density at radius 1 is 1.13 bits per heavy atom. The number of rotatable bonds is 7. The van der Waals surface area contributed by atoms with Crippen LogP contribution in [0.25, 0.3) is 0 Å². The van der Waals surface area contributed by atoms with Gasteiger partial charge in [-0.25, -0.2) is 0 Å². The van der Waals surface area contributed by atoms with Crippen LogP contribution >= 0.6 is 11.8 Å². The first-order chi connectivity index (χ1) is 17.4. The molecule has 0 saturated heterocycles. The van der Waals surface area contributed by atoms with Crippen LogP contribution in [0.4, 0.5) is 0 Å². The van der Waals surface area contributed by atoms with E-state index in [-0.39, 0.29) is 16.6 Å². The molecule has 2 saturated carbocycles. The van der Waals surface area contributed by atoms with E-state index < -0.39 is 18.9 Å². The van der Waals surface area contributed by atoms with Gasteiger partial charge in [0.05, 0.1) is 11.7 Å². The second-order valence-electron chi connectivity index (χ2n) is 15.1. The van der Waals surface area contributed by atoms with Crippen molar-refractivity contribution in [1.29, 1.82) is 0 Å². The SMILES string of the molecule is CCC1=CC[C@H]2C3=CC=C4C[C@](O)(SCC=CC(C)(C)O)C[C@H](O[Si](C)(C)C(C)(C)C)[C@]4(C)[C@H]3CC[C@]12C. The van der Waals surface area contributed by atoms with E-state index in [1.165, 1.54) is 24.8 Å². The van der Waals surface area contributed by atoms with Crippen molar-refractivity contribution in [3.05, 3.63) is 47.1 Å². The molecule has 4 rings (SSSR count). The van der Waals surface area contributed by atoms with Gasteiger partial charge in [0.25, 0.3) is 0 Å². The highest BCUT2D eigenvalue weighted by atomic mass is 32.2. The summed E-state index contributed by atoms with van der Waals surface area (Å²) in [4.78, 5) is -0.874. The molecule has 0 heterocycles. The number of thioether (sulfide) groups is 1. The Morgan fingerprint density at radius 2 is 1.82 bits per heavy atom. The quantitative estimate of drug-likeness (QED) is 0.187. The van der Waals surface area contributed by atoms with Gasteiger partial charge in [-0.1, -0.05) is 88.6 Å². The van der Waals surface area contributed by atoms with E-state index in [2.05, 4.69) is 72.9 Å². The third-order valence-electron chi connectivity index (χ3n) is 11.0. The zero-order valence-electron chi connectivity index (χ0n) is 25.8. The molecular weight excluding hydrogens is 505 g/mol. The summed E-state index contributed by atoms with van der Waals surface area (Å²) in [5, 5.41) is 22.2. The first-order valence-electron chi connectivity index (χ1n) is 14.9. The fourth-order valence-electron chi connectivity index (χ4n) is 7.59. The van der Waals surface area contributed by atoms with Crippen LogP contribution in [0.5, 0.6) is 0 Å². The van der Waals surface area contributed by atoms with Crippen molar-refractivity contribution in [2.75, 3.05) is 5.75 Å². The van der Waals surface area contributed by atoms with Gasteiger partial charge in [0.2, 0.25) is 0 Å². The first kappa shape index (κ1) is 30.4. The van der Waals surface area contributed by atoms with E-state index in [1.807, 2.05) is 12.2 Å². The average molecular weight is 559 g/mol. The van der Waals surface area contributed by atoms with Gasteiger partial charge in [-0.3, -0.25) is 0 Å². The van der Waals surface area contributed by atoms with Crippen LogP contribution in [0.1, 0.15) is 93.9 Å². The first-order valence-corrected chi connectivity index (χ1v) is 18.8. The largest absolute Gasteiger partial charge is 0.413 e. The summed E-state index contributed by atoms with van der Waals surface area (Å²) >= 11 is 1.60. The minimum Gasteiger partial charge on any atom is -0.413 e. The van der Waals surface area contributed by atoms with Crippen LogP contribution in [0, 0.1) is 22.7 Å². The molecule has 4 aliphatic carbocycles. The highest BCUT2D eigenvalue weighted by molar-refractivity contribution is 8.00. The minimum absolute atomic E-state index is 0.0165. The minimum atomic E-state index is -2.08. The molecule has 214 valence electrons. The highest BCUT2D eigenvalue weighted by Crippen LogP contribution is 2.66. The van der Waals surface area contributed by atoms with Crippen LogP contribution in [0.3, 0.4) is 0 Å². The Kier molecular flexibility index (Phi) is 8.03. The van der Waals surface area contributed by atoms with Gasteiger partial charge in [-0.2, -0.15) is 0 Å². The lowest BCUT2D eigenvalue weighted by Crippen LogP contribution is -2.58. The summed E-state index contributed by atoms with van der Waals surface area (Å²) in [6, 6.07) is 0. The normalized spacial score (nSPS) is 37.8. The van der Waals surface area contributed by atoms with Crippen LogP contribution in [-0.2, 0) is 4.43 Å². The number of allylic oxidation sites excluding steroid dienone is 5. The maximum atomic E-state index is 12.0. The van der Waals surface area contributed by atoms with E-state index in [1.54, 1.807) is 36.8 Å². The molecule has 3 nitrogen and oxygen atoms in total. The molecule has 0 spiro atoms. The monoisotopic (exact) mass is 558 g/mol. The van der Waals surface area contributed by atoms with E-state index in [0.717, 1.165) is 6.42 Å².